The number of aryl methyl sites for hydroxylation is 1. The fourth-order valence-corrected chi connectivity index (χ4v) is 1.54. The predicted molar refractivity (Wildman–Crippen MR) is 63.7 cm³/mol. The molecule has 0 aliphatic heterocycles. The number of carbonyl (C=O) groups is 1. The number of hydrogen-bond donors (Lipinski definition) is 0. The molecule has 94 valence electrons. The van der Waals surface area contributed by atoms with Crippen LogP contribution in [-0.2, 0) is 13.7 Å². The molecule has 2 aromatic rings. The van der Waals surface area contributed by atoms with Crippen LogP contribution in [0.5, 0.6) is 11.5 Å². The Morgan fingerprint density at radius 3 is 2.72 bits per heavy atom. The summed E-state index contributed by atoms with van der Waals surface area (Å²) in [4.78, 5) is 10.8. The maximum atomic E-state index is 10.8. The maximum Gasteiger partial charge on any atom is 0.172 e. The van der Waals surface area contributed by atoms with Gasteiger partial charge in [-0.15, -0.1) is 5.10 Å². The zero-order valence-corrected chi connectivity index (χ0v) is 10.2. The predicted octanol–water partition coefficient (Wildman–Crippen LogP) is 1.22. The molecule has 0 saturated heterocycles. The average Bonchev–Trinajstić information content (AvgIpc) is 2.77. The maximum absolute atomic E-state index is 10.8. The molecule has 0 aliphatic carbocycles. The molecule has 0 spiro atoms. The van der Waals surface area contributed by atoms with Gasteiger partial charge < -0.3 is 9.47 Å². The SMILES string of the molecule is COc1ccccc1OCc1c(C=O)nnn1C. The van der Waals surface area contributed by atoms with Crippen LogP contribution in [0.3, 0.4) is 0 Å². The highest BCUT2D eigenvalue weighted by molar-refractivity contribution is 5.73. The highest BCUT2D eigenvalue weighted by Gasteiger charge is 2.11. The molecule has 1 aromatic heterocycles. The number of hydrogen-bond acceptors (Lipinski definition) is 5. The molecule has 1 aromatic carbocycles. The lowest BCUT2D eigenvalue weighted by atomic mass is 10.3. The van der Waals surface area contributed by atoms with Crippen molar-refractivity contribution in [1.82, 2.24) is 15.0 Å². The topological polar surface area (TPSA) is 66.2 Å². The molecule has 0 saturated carbocycles. The number of benzene rings is 1. The number of para-hydroxylation sites is 2. The summed E-state index contributed by atoms with van der Waals surface area (Å²) in [6.45, 7) is 0.206. The molecule has 0 radical (unpaired) electrons. The molecule has 6 nitrogen and oxygen atoms in total. The Morgan fingerprint density at radius 1 is 1.33 bits per heavy atom. The smallest absolute Gasteiger partial charge is 0.172 e. The van der Waals surface area contributed by atoms with E-state index in [0.29, 0.717) is 23.5 Å². The van der Waals surface area contributed by atoms with E-state index in [1.54, 1.807) is 26.3 Å². The summed E-state index contributed by atoms with van der Waals surface area (Å²) in [6, 6.07) is 7.30. The largest absolute Gasteiger partial charge is 0.493 e. The number of carbonyl (C=O) groups excluding carboxylic acids is 1. The Bertz CT molecular complexity index is 551. The van der Waals surface area contributed by atoms with Crippen LogP contribution in [0.25, 0.3) is 0 Å². The molecule has 0 aliphatic rings. The third-order valence-corrected chi connectivity index (χ3v) is 2.52. The second-order valence-corrected chi connectivity index (χ2v) is 3.60. The first-order valence-corrected chi connectivity index (χ1v) is 5.35. The highest BCUT2D eigenvalue weighted by atomic mass is 16.5. The molecule has 18 heavy (non-hydrogen) atoms. The van der Waals surface area contributed by atoms with E-state index in [1.807, 2.05) is 12.1 Å². The molecule has 0 bridgehead atoms. The standard InChI is InChI=1S/C12H13N3O3/c1-15-10(9(7-16)13-14-15)8-18-12-6-4-3-5-11(12)17-2/h3-7H,8H2,1-2H3. The molecule has 0 unspecified atom stereocenters. The van der Waals surface area contributed by atoms with Crippen molar-refractivity contribution in [1.29, 1.82) is 0 Å². The van der Waals surface area contributed by atoms with Crippen molar-refractivity contribution in [3.8, 4) is 11.5 Å². The monoisotopic (exact) mass is 247 g/mol. The van der Waals surface area contributed by atoms with Gasteiger partial charge in [0.15, 0.2) is 23.5 Å². The number of rotatable bonds is 5. The van der Waals surface area contributed by atoms with E-state index in [9.17, 15) is 4.79 Å². The van der Waals surface area contributed by atoms with Gasteiger partial charge in [-0.25, -0.2) is 4.68 Å². The lowest BCUT2D eigenvalue weighted by Gasteiger charge is -2.10. The van der Waals surface area contributed by atoms with Gasteiger partial charge in [0, 0.05) is 7.05 Å². The van der Waals surface area contributed by atoms with E-state index in [2.05, 4.69) is 10.3 Å². The van der Waals surface area contributed by atoms with Crippen LogP contribution >= 0.6 is 0 Å². The van der Waals surface area contributed by atoms with Gasteiger partial charge in [-0.1, -0.05) is 17.3 Å². The lowest BCUT2D eigenvalue weighted by Crippen LogP contribution is -2.06. The Morgan fingerprint density at radius 2 is 2.06 bits per heavy atom. The first kappa shape index (κ1) is 12.1. The minimum atomic E-state index is 0.206. The van der Waals surface area contributed by atoms with Crippen LogP contribution in [0.15, 0.2) is 24.3 Å². The van der Waals surface area contributed by atoms with Crippen LogP contribution in [-0.4, -0.2) is 28.4 Å². The van der Waals surface area contributed by atoms with Crippen molar-refractivity contribution < 1.29 is 14.3 Å². The number of aromatic nitrogens is 3. The number of aldehydes is 1. The summed E-state index contributed by atoms with van der Waals surface area (Å²) in [5.74, 6) is 1.25. The van der Waals surface area contributed by atoms with Crippen molar-refractivity contribution in [3.05, 3.63) is 35.7 Å². The average molecular weight is 247 g/mol. The van der Waals surface area contributed by atoms with E-state index >= 15 is 0 Å². The Kier molecular flexibility index (Phi) is 3.57. The minimum Gasteiger partial charge on any atom is -0.493 e. The van der Waals surface area contributed by atoms with Crippen LogP contribution in [0, 0.1) is 0 Å². The van der Waals surface area contributed by atoms with Gasteiger partial charge in [0.25, 0.3) is 0 Å². The van der Waals surface area contributed by atoms with Gasteiger partial charge in [0.2, 0.25) is 0 Å². The van der Waals surface area contributed by atoms with E-state index in [-0.39, 0.29) is 12.3 Å². The van der Waals surface area contributed by atoms with Crippen LogP contribution < -0.4 is 9.47 Å². The Labute approximate surface area is 104 Å². The zero-order chi connectivity index (χ0) is 13.0. The molecular formula is C12H13N3O3. The van der Waals surface area contributed by atoms with Gasteiger partial charge in [0.05, 0.1) is 7.11 Å². The second-order valence-electron chi connectivity index (χ2n) is 3.60. The highest BCUT2D eigenvalue weighted by Crippen LogP contribution is 2.26. The lowest BCUT2D eigenvalue weighted by molar-refractivity contribution is 0.111. The van der Waals surface area contributed by atoms with Crippen molar-refractivity contribution in [2.45, 2.75) is 6.61 Å². The van der Waals surface area contributed by atoms with Gasteiger partial charge >= 0.3 is 0 Å². The fraction of sp³-hybridized carbons (Fsp3) is 0.250. The summed E-state index contributed by atoms with van der Waals surface area (Å²) in [5, 5.41) is 7.49. The first-order chi connectivity index (χ1) is 8.76. The first-order valence-electron chi connectivity index (χ1n) is 5.35. The van der Waals surface area contributed by atoms with Crippen molar-refractivity contribution in [2.24, 2.45) is 7.05 Å². The van der Waals surface area contributed by atoms with E-state index in [1.165, 1.54) is 4.68 Å². The number of nitrogens with zero attached hydrogens (tertiary/aromatic N) is 3. The third-order valence-electron chi connectivity index (χ3n) is 2.52. The molecule has 0 N–H and O–H groups in total. The van der Waals surface area contributed by atoms with Crippen LogP contribution in [0.1, 0.15) is 16.2 Å². The second kappa shape index (κ2) is 5.31. The minimum absolute atomic E-state index is 0.206. The van der Waals surface area contributed by atoms with E-state index in [0.717, 1.165) is 0 Å². The van der Waals surface area contributed by atoms with Crippen molar-refractivity contribution in [2.75, 3.05) is 7.11 Å². The summed E-state index contributed by atoms with van der Waals surface area (Å²) >= 11 is 0. The normalized spacial score (nSPS) is 10.1. The third kappa shape index (κ3) is 2.32. The quantitative estimate of drug-likeness (QED) is 0.743. The summed E-state index contributed by atoms with van der Waals surface area (Å²) in [6.07, 6.45) is 0.661. The molecule has 0 amide bonds. The van der Waals surface area contributed by atoms with E-state index in [4.69, 9.17) is 9.47 Å². The summed E-state index contributed by atoms with van der Waals surface area (Å²) < 4.78 is 12.3. The summed E-state index contributed by atoms with van der Waals surface area (Å²) in [5.41, 5.74) is 0.906. The van der Waals surface area contributed by atoms with Crippen LogP contribution in [0.2, 0.25) is 0 Å². The fourth-order valence-electron chi connectivity index (χ4n) is 1.54. The molecule has 1 heterocycles. The number of ether oxygens (including phenoxy) is 2. The molecule has 0 fully saturated rings. The van der Waals surface area contributed by atoms with Gasteiger partial charge in [0.1, 0.15) is 12.3 Å². The molecule has 2 rings (SSSR count). The van der Waals surface area contributed by atoms with Crippen molar-refractivity contribution >= 4 is 6.29 Å². The number of methoxy groups -OCH3 is 1. The zero-order valence-electron chi connectivity index (χ0n) is 10.2. The van der Waals surface area contributed by atoms with E-state index < -0.39 is 0 Å². The van der Waals surface area contributed by atoms with Crippen molar-refractivity contribution in [3.63, 3.8) is 0 Å². The van der Waals surface area contributed by atoms with Gasteiger partial charge in [-0.3, -0.25) is 4.79 Å². The molecule has 6 heteroatoms. The summed E-state index contributed by atoms with van der Waals surface area (Å²) in [7, 11) is 3.28. The molecule has 0 atom stereocenters. The van der Waals surface area contributed by atoms with Gasteiger partial charge in [-0.05, 0) is 12.1 Å². The van der Waals surface area contributed by atoms with Gasteiger partial charge in [-0.2, -0.15) is 0 Å². The Balaban J connectivity index is 2.16. The van der Waals surface area contributed by atoms with Crippen LogP contribution in [0.4, 0.5) is 0 Å². The molecular weight excluding hydrogens is 234 g/mol. The Hall–Kier alpha value is -2.37.